The molecule has 2 amide bonds. The van der Waals surface area contributed by atoms with Crippen molar-refractivity contribution in [2.75, 3.05) is 18.4 Å². The zero-order valence-electron chi connectivity index (χ0n) is 17.7. The monoisotopic (exact) mass is 408 g/mol. The highest BCUT2D eigenvalue weighted by Crippen LogP contribution is 2.14. The van der Waals surface area contributed by atoms with Crippen molar-refractivity contribution >= 4 is 28.5 Å². The van der Waals surface area contributed by atoms with E-state index in [9.17, 15) is 14.4 Å². The van der Waals surface area contributed by atoms with Gasteiger partial charge in [0.1, 0.15) is 6.54 Å². The summed E-state index contributed by atoms with van der Waals surface area (Å²) in [5.74, 6) is -0.507. The molecule has 0 atom stereocenters. The molecular weight excluding hydrogens is 380 g/mol. The maximum Gasteiger partial charge on any atom is 0.329 e. The van der Waals surface area contributed by atoms with Crippen LogP contribution in [0.25, 0.3) is 11.0 Å². The van der Waals surface area contributed by atoms with Crippen molar-refractivity contribution in [3.8, 4) is 0 Å². The van der Waals surface area contributed by atoms with Gasteiger partial charge >= 0.3 is 5.69 Å². The minimum absolute atomic E-state index is 0.0534. The fourth-order valence-electron chi connectivity index (χ4n) is 3.60. The highest BCUT2D eigenvalue weighted by Gasteiger charge is 2.20. The van der Waals surface area contributed by atoms with E-state index in [4.69, 9.17) is 0 Å². The molecule has 0 fully saturated rings. The predicted molar refractivity (Wildman–Crippen MR) is 119 cm³/mol. The van der Waals surface area contributed by atoms with Crippen molar-refractivity contribution in [3.05, 3.63) is 64.6 Å². The van der Waals surface area contributed by atoms with Crippen LogP contribution in [0.2, 0.25) is 0 Å². The van der Waals surface area contributed by atoms with Crippen LogP contribution in [-0.4, -0.2) is 38.9 Å². The van der Waals surface area contributed by atoms with Crippen molar-refractivity contribution in [1.29, 1.82) is 0 Å². The molecule has 0 unspecified atom stereocenters. The van der Waals surface area contributed by atoms with E-state index in [0.717, 1.165) is 28.7 Å². The van der Waals surface area contributed by atoms with E-state index < -0.39 is 0 Å². The first-order valence-corrected chi connectivity index (χ1v) is 10.3. The molecule has 7 nitrogen and oxygen atoms in total. The molecule has 0 radical (unpaired) electrons. The van der Waals surface area contributed by atoms with E-state index >= 15 is 0 Å². The summed E-state index contributed by atoms with van der Waals surface area (Å²) in [5, 5.41) is 2.87. The molecule has 158 valence electrons. The van der Waals surface area contributed by atoms with Crippen molar-refractivity contribution < 1.29 is 9.59 Å². The maximum absolute atomic E-state index is 13.0. The molecule has 0 saturated heterocycles. The van der Waals surface area contributed by atoms with Crippen LogP contribution >= 0.6 is 0 Å². The molecule has 7 heteroatoms. The molecular formula is C23H28N4O3. The standard InChI is InChI=1S/C23H28N4O3/c1-4-14-25(15-21(28)24-18-11-7-6-10-17(18)3)22(29)16-27-20-13-9-8-12-19(20)26(5-2)23(27)30/h6-13H,4-5,14-16H2,1-3H3,(H,24,28). The molecule has 0 aliphatic rings. The number of aryl methyl sites for hydroxylation is 2. The molecule has 1 N–H and O–H groups in total. The fourth-order valence-corrected chi connectivity index (χ4v) is 3.60. The summed E-state index contributed by atoms with van der Waals surface area (Å²) in [7, 11) is 0. The Morgan fingerprint density at radius 2 is 1.60 bits per heavy atom. The van der Waals surface area contributed by atoms with Gasteiger partial charge in [0.15, 0.2) is 0 Å². The molecule has 2 aromatic carbocycles. The molecule has 3 aromatic rings. The van der Waals surface area contributed by atoms with Gasteiger partial charge in [-0.2, -0.15) is 0 Å². The maximum atomic E-state index is 13.0. The highest BCUT2D eigenvalue weighted by atomic mass is 16.2. The van der Waals surface area contributed by atoms with Crippen LogP contribution in [0.15, 0.2) is 53.3 Å². The van der Waals surface area contributed by atoms with Gasteiger partial charge in [0.25, 0.3) is 0 Å². The Morgan fingerprint density at radius 1 is 0.967 bits per heavy atom. The first-order valence-electron chi connectivity index (χ1n) is 10.3. The van der Waals surface area contributed by atoms with Crippen molar-refractivity contribution in [3.63, 3.8) is 0 Å². The van der Waals surface area contributed by atoms with Gasteiger partial charge in [-0.3, -0.25) is 18.7 Å². The Morgan fingerprint density at radius 3 is 2.23 bits per heavy atom. The van der Waals surface area contributed by atoms with Crippen LogP contribution in [-0.2, 0) is 22.7 Å². The minimum Gasteiger partial charge on any atom is -0.332 e. The molecule has 0 aliphatic heterocycles. The Labute approximate surface area is 175 Å². The van der Waals surface area contributed by atoms with Crippen LogP contribution in [0.3, 0.4) is 0 Å². The van der Waals surface area contributed by atoms with Crippen molar-refractivity contribution in [2.45, 2.75) is 40.3 Å². The molecule has 0 aliphatic carbocycles. The minimum atomic E-state index is -0.255. The number of carbonyl (C=O) groups excluding carboxylic acids is 2. The number of nitrogens with zero attached hydrogens (tertiary/aromatic N) is 3. The molecule has 1 heterocycles. The average Bonchev–Trinajstić information content (AvgIpc) is 3.00. The van der Waals surface area contributed by atoms with Crippen LogP contribution in [0.1, 0.15) is 25.8 Å². The molecule has 1 aromatic heterocycles. The average molecular weight is 409 g/mol. The number of fused-ring (bicyclic) bond motifs is 1. The summed E-state index contributed by atoms with van der Waals surface area (Å²) in [4.78, 5) is 39.9. The molecule has 30 heavy (non-hydrogen) atoms. The Kier molecular flexibility index (Phi) is 6.72. The van der Waals surface area contributed by atoms with Gasteiger partial charge in [-0.1, -0.05) is 37.3 Å². The topological polar surface area (TPSA) is 76.3 Å². The number of imidazole rings is 1. The number of carbonyl (C=O) groups is 2. The smallest absolute Gasteiger partial charge is 0.329 e. The molecule has 0 bridgehead atoms. The number of aromatic nitrogens is 2. The summed E-state index contributed by atoms with van der Waals surface area (Å²) < 4.78 is 3.14. The molecule has 0 saturated carbocycles. The lowest BCUT2D eigenvalue weighted by atomic mass is 10.2. The predicted octanol–water partition coefficient (Wildman–Crippen LogP) is 3.01. The van der Waals surface area contributed by atoms with Crippen LogP contribution in [0, 0.1) is 6.92 Å². The lowest BCUT2D eigenvalue weighted by molar-refractivity contribution is -0.135. The number of para-hydroxylation sites is 3. The van der Waals surface area contributed by atoms with Gasteiger partial charge in [-0.25, -0.2) is 4.79 Å². The van der Waals surface area contributed by atoms with E-state index in [1.54, 1.807) is 4.57 Å². The Hall–Kier alpha value is -3.35. The lowest BCUT2D eigenvalue weighted by Gasteiger charge is -2.22. The number of rotatable bonds is 8. The van der Waals surface area contributed by atoms with Gasteiger partial charge < -0.3 is 10.2 Å². The summed E-state index contributed by atoms with van der Waals surface area (Å²) in [5.41, 5.74) is 3.00. The normalized spacial score (nSPS) is 10.9. The second-order valence-electron chi connectivity index (χ2n) is 7.28. The Balaban J connectivity index is 1.79. The summed E-state index contributed by atoms with van der Waals surface area (Å²) >= 11 is 0. The summed E-state index contributed by atoms with van der Waals surface area (Å²) in [6.07, 6.45) is 0.717. The van der Waals surface area contributed by atoms with Gasteiger partial charge in [0.2, 0.25) is 11.8 Å². The number of nitrogens with one attached hydrogen (secondary N) is 1. The largest absolute Gasteiger partial charge is 0.332 e. The third kappa shape index (κ3) is 4.45. The van der Waals surface area contributed by atoms with Crippen LogP contribution in [0.4, 0.5) is 5.69 Å². The number of benzene rings is 2. The third-order valence-corrected chi connectivity index (χ3v) is 5.13. The van der Waals surface area contributed by atoms with Crippen LogP contribution in [0.5, 0.6) is 0 Å². The SMILES string of the molecule is CCCN(CC(=O)Nc1ccccc1C)C(=O)Cn1c(=O)n(CC)c2ccccc21. The quantitative estimate of drug-likeness (QED) is 0.623. The summed E-state index contributed by atoms with van der Waals surface area (Å²) in [6, 6.07) is 14.9. The van der Waals surface area contributed by atoms with Crippen molar-refractivity contribution in [2.24, 2.45) is 0 Å². The number of anilines is 1. The van der Waals surface area contributed by atoms with Crippen LogP contribution < -0.4 is 11.0 Å². The van der Waals surface area contributed by atoms with E-state index in [-0.39, 0.29) is 30.6 Å². The van der Waals surface area contributed by atoms with Crippen molar-refractivity contribution in [1.82, 2.24) is 14.0 Å². The lowest BCUT2D eigenvalue weighted by Crippen LogP contribution is -2.41. The Bertz CT molecular complexity index is 1110. The zero-order valence-corrected chi connectivity index (χ0v) is 17.7. The van der Waals surface area contributed by atoms with Gasteiger partial charge in [0, 0.05) is 18.8 Å². The third-order valence-electron chi connectivity index (χ3n) is 5.13. The number of hydrogen-bond acceptors (Lipinski definition) is 3. The van der Waals surface area contributed by atoms with Gasteiger partial charge in [0.05, 0.1) is 17.6 Å². The fraction of sp³-hybridized carbons (Fsp3) is 0.348. The van der Waals surface area contributed by atoms with E-state index in [1.807, 2.05) is 69.3 Å². The zero-order chi connectivity index (χ0) is 21.7. The van der Waals surface area contributed by atoms with E-state index in [1.165, 1.54) is 9.47 Å². The number of amides is 2. The molecule has 0 spiro atoms. The van der Waals surface area contributed by atoms with Gasteiger partial charge in [-0.15, -0.1) is 0 Å². The first-order chi connectivity index (χ1) is 14.5. The second kappa shape index (κ2) is 9.43. The van der Waals surface area contributed by atoms with E-state index in [0.29, 0.717) is 13.1 Å². The molecule has 3 rings (SSSR count). The second-order valence-corrected chi connectivity index (χ2v) is 7.28. The summed E-state index contributed by atoms with van der Waals surface area (Å²) in [6.45, 7) is 6.60. The first kappa shape index (κ1) is 21.4. The van der Waals surface area contributed by atoms with E-state index in [2.05, 4.69) is 5.32 Å². The number of hydrogen-bond donors (Lipinski definition) is 1. The van der Waals surface area contributed by atoms with Gasteiger partial charge in [-0.05, 0) is 44.0 Å². The highest BCUT2D eigenvalue weighted by molar-refractivity contribution is 5.95.